The second-order valence-electron chi connectivity index (χ2n) is 6.13. The van der Waals surface area contributed by atoms with E-state index < -0.39 is 0 Å². The highest BCUT2D eigenvalue weighted by Crippen LogP contribution is 2.15. The van der Waals surface area contributed by atoms with Crippen LogP contribution in [0.5, 0.6) is 0 Å². The van der Waals surface area contributed by atoms with E-state index in [0.717, 1.165) is 25.9 Å². The molecule has 0 unspecified atom stereocenters. The van der Waals surface area contributed by atoms with Crippen molar-refractivity contribution in [2.24, 2.45) is 5.73 Å². The predicted molar refractivity (Wildman–Crippen MR) is 79.9 cm³/mol. The van der Waals surface area contributed by atoms with Gasteiger partial charge in [0.1, 0.15) is 0 Å². The minimum absolute atomic E-state index is 0.0436. The Morgan fingerprint density at radius 2 is 1.67 bits per heavy atom. The lowest BCUT2D eigenvalue weighted by Crippen LogP contribution is -2.32. The SMILES string of the molecule is Cc1cc(C)c(CNCCCC(C)(C)N)cc1C. The van der Waals surface area contributed by atoms with Crippen LogP contribution in [0.25, 0.3) is 0 Å². The van der Waals surface area contributed by atoms with E-state index in [4.69, 9.17) is 5.73 Å². The number of nitrogens with two attached hydrogens (primary N) is 1. The van der Waals surface area contributed by atoms with Gasteiger partial charge in [0.15, 0.2) is 0 Å². The molecule has 0 aliphatic carbocycles. The molecule has 0 bridgehead atoms. The van der Waals surface area contributed by atoms with Gasteiger partial charge in [-0.2, -0.15) is 0 Å². The summed E-state index contributed by atoms with van der Waals surface area (Å²) in [7, 11) is 0. The first-order chi connectivity index (χ1) is 8.29. The summed E-state index contributed by atoms with van der Waals surface area (Å²) in [6.07, 6.45) is 2.19. The fourth-order valence-corrected chi connectivity index (χ4v) is 2.10. The van der Waals surface area contributed by atoms with Gasteiger partial charge in [-0.15, -0.1) is 0 Å². The van der Waals surface area contributed by atoms with Gasteiger partial charge >= 0.3 is 0 Å². The van der Waals surface area contributed by atoms with Gasteiger partial charge in [-0.1, -0.05) is 12.1 Å². The van der Waals surface area contributed by atoms with Crippen molar-refractivity contribution in [3.8, 4) is 0 Å². The van der Waals surface area contributed by atoms with E-state index in [9.17, 15) is 0 Å². The molecule has 0 amide bonds. The van der Waals surface area contributed by atoms with Gasteiger partial charge in [-0.3, -0.25) is 0 Å². The maximum Gasteiger partial charge on any atom is 0.0208 e. The minimum atomic E-state index is -0.0436. The Morgan fingerprint density at radius 1 is 1.06 bits per heavy atom. The van der Waals surface area contributed by atoms with E-state index in [-0.39, 0.29) is 5.54 Å². The average Bonchev–Trinajstić information content (AvgIpc) is 2.23. The Labute approximate surface area is 112 Å². The van der Waals surface area contributed by atoms with Crippen molar-refractivity contribution in [2.45, 2.75) is 59.5 Å². The van der Waals surface area contributed by atoms with Crippen molar-refractivity contribution < 1.29 is 0 Å². The zero-order valence-electron chi connectivity index (χ0n) is 12.6. The van der Waals surface area contributed by atoms with Gasteiger partial charge in [-0.25, -0.2) is 0 Å². The lowest BCUT2D eigenvalue weighted by Gasteiger charge is -2.18. The lowest BCUT2D eigenvalue weighted by molar-refractivity contribution is 0.448. The van der Waals surface area contributed by atoms with Crippen molar-refractivity contribution in [3.63, 3.8) is 0 Å². The lowest BCUT2D eigenvalue weighted by atomic mass is 9.99. The summed E-state index contributed by atoms with van der Waals surface area (Å²) in [5.74, 6) is 0. The highest BCUT2D eigenvalue weighted by atomic mass is 14.8. The third-order valence-corrected chi connectivity index (χ3v) is 3.44. The second-order valence-corrected chi connectivity index (χ2v) is 6.13. The highest BCUT2D eigenvalue weighted by molar-refractivity contribution is 5.36. The third-order valence-electron chi connectivity index (χ3n) is 3.44. The molecule has 0 fully saturated rings. The molecule has 0 saturated heterocycles. The molecule has 102 valence electrons. The van der Waals surface area contributed by atoms with Crippen LogP contribution in [0.4, 0.5) is 0 Å². The summed E-state index contributed by atoms with van der Waals surface area (Å²) >= 11 is 0. The molecule has 2 nitrogen and oxygen atoms in total. The van der Waals surface area contributed by atoms with Crippen molar-refractivity contribution in [1.82, 2.24) is 5.32 Å². The molecule has 1 aromatic rings. The standard InChI is InChI=1S/C16H28N2/c1-12-9-14(3)15(10-13(12)2)11-18-8-6-7-16(4,5)17/h9-10,18H,6-8,11,17H2,1-5H3. The van der Waals surface area contributed by atoms with E-state index in [1.165, 1.54) is 22.3 Å². The van der Waals surface area contributed by atoms with E-state index in [1.807, 2.05) is 0 Å². The van der Waals surface area contributed by atoms with E-state index in [1.54, 1.807) is 0 Å². The number of aryl methyl sites for hydroxylation is 3. The Morgan fingerprint density at radius 3 is 2.28 bits per heavy atom. The average molecular weight is 248 g/mol. The van der Waals surface area contributed by atoms with Crippen LogP contribution in [0, 0.1) is 20.8 Å². The fraction of sp³-hybridized carbons (Fsp3) is 0.625. The van der Waals surface area contributed by atoms with Crippen LogP contribution in [0.1, 0.15) is 48.9 Å². The number of nitrogens with one attached hydrogen (secondary N) is 1. The number of hydrogen-bond donors (Lipinski definition) is 2. The summed E-state index contributed by atoms with van der Waals surface area (Å²) in [6, 6.07) is 4.57. The molecule has 0 heterocycles. The third kappa shape index (κ3) is 5.19. The molecule has 0 aromatic heterocycles. The van der Waals surface area contributed by atoms with Gasteiger partial charge in [0.2, 0.25) is 0 Å². The number of hydrogen-bond acceptors (Lipinski definition) is 2. The monoisotopic (exact) mass is 248 g/mol. The quantitative estimate of drug-likeness (QED) is 0.759. The summed E-state index contributed by atoms with van der Waals surface area (Å²) in [5, 5.41) is 3.51. The van der Waals surface area contributed by atoms with Gasteiger partial charge < -0.3 is 11.1 Å². The molecule has 1 rings (SSSR count). The number of rotatable bonds is 6. The molecule has 0 atom stereocenters. The molecule has 0 spiro atoms. The van der Waals surface area contributed by atoms with Crippen molar-refractivity contribution in [2.75, 3.05) is 6.54 Å². The van der Waals surface area contributed by atoms with Crippen molar-refractivity contribution in [1.29, 1.82) is 0 Å². The predicted octanol–water partition coefficient (Wildman–Crippen LogP) is 3.22. The molecule has 3 N–H and O–H groups in total. The molecule has 0 saturated carbocycles. The normalized spacial score (nSPS) is 11.9. The smallest absolute Gasteiger partial charge is 0.0208 e. The zero-order valence-corrected chi connectivity index (χ0v) is 12.6. The summed E-state index contributed by atoms with van der Waals surface area (Å²) < 4.78 is 0. The van der Waals surface area contributed by atoms with Gasteiger partial charge in [0.05, 0.1) is 0 Å². The first-order valence-electron chi connectivity index (χ1n) is 6.86. The van der Waals surface area contributed by atoms with Crippen LogP contribution in [-0.4, -0.2) is 12.1 Å². The summed E-state index contributed by atoms with van der Waals surface area (Å²) in [5.41, 5.74) is 11.5. The second kappa shape index (κ2) is 6.35. The Hall–Kier alpha value is -0.860. The summed E-state index contributed by atoms with van der Waals surface area (Å²) in [6.45, 7) is 12.7. The van der Waals surface area contributed by atoms with E-state index >= 15 is 0 Å². The first kappa shape index (κ1) is 15.2. The van der Waals surface area contributed by atoms with Crippen LogP contribution < -0.4 is 11.1 Å². The molecule has 0 radical (unpaired) electrons. The largest absolute Gasteiger partial charge is 0.326 e. The molecule has 0 aliphatic heterocycles. The van der Waals surface area contributed by atoms with Crippen LogP contribution >= 0.6 is 0 Å². The molecule has 1 aromatic carbocycles. The van der Waals surface area contributed by atoms with Crippen molar-refractivity contribution in [3.05, 3.63) is 34.4 Å². The Bertz CT molecular complexity index is 389. The zero-order chi connectivity index (χ0) is 13.8. The molecular formula is C16H28N2. The maximum atomic E-state index is 5.96. The van der Waals surface area contributed by atoms with E-state index in [2.05, 4.69) is 52.1 Å². The van der Waals surface area contributed by atoms with Crippen molar-refractivity contribution >= 4 is 0 Å². The van der Waals surface area contributed by atoms with Crippen LogP contribution in [0.3, 0.4) is 0 Å². The molecule has 0 aliphatic rings. The summed E-state index contributed by atoms with van der Waals surface area (Å²) in [4.78, 5) is 0. The van der Waals surface area contributed by atoms with Gasteiger partial charge in [-0.05, 0) is 76.3 Å². The molecule has 2 heteroatoms. The highest BCUT2D eigenvalue weighted by Gasteiger charge is 2.09. The Balaban J connectivity index is 2.38. The Kier molecular flexibility index (Phi) is 5.36. The molecule has 18 heavy (non-hydrogen) atoms. The van der Waals surface area contributed by atoms with E-state index in [0.29, 0.717) is 0 Å². The maximum absolute atomic E-state index is 5.96. The van der Waals surface area contributed by atoms with Crippen LogP contribution in [-0.2, 0) is 6.54 Å². The first-order valence-corrected chi connectivity index (χ1v) is 6.86. The molecular weight excluding hydrogens is 220 g/mol. The fourth-order valence-electron chi connectivity index (χ4n) is 2.10. The van der Waals surface area contributed by atoms with Gasteiger partial charge in [0.25, 0.3) is 0 Å². The van der Waals surface area contributed by atoms with Gasteiger partial charge in [0, 0.05) is 12.1 Å². The minimum Gasteiger partial charge on any atom is -0.326 e. The van der Waals surface area contributed by atoms with Crippen LogP contribution in [0.15, 0.2) is 12.1 Å². The number of benzene rings is 1. The van der Waals surface area contributed by atoms with Crippen LogP contribution in [0.2, 0.25) is 0 Å². The topological polar surface area (TPSA) is 38.0 Å².